The van der Waals surface area contributed by atoms with Crippen LogP contribution in [0.1, 0.15) is 25.0 Å². The molecule has 0 spiro atoms. The van der Waals surface area contributed by atoms with Crippen LogP contribution in [0, 0.1) is 5.82 Å². The molecule has 3 aromatic carbocycles. The van der Waals surface area contributed by atoms with Crippen LogP contribution in [0.25, 0.3) is 0 Å². The topological polar surface area (TPSA) is 86.8 Å². The Hall–Kier alpha value is -3.24. The number of para-hydroxylation sites is 1. The van der Waals surface area contributed by atoms with Gasteiger partial charge in [-0.2, -0.15) is 0 Å². The molecule has 0 aliphatic heterocycles. The zero-order valence-corrected chi connectivity index (χ0v) is 23.9. The molecular weight excluding hydrogens is 573 g/mol. The molecule has 0 aliphatic rings. The van der Waals surface area contributed by atoms with Gasteiger partial charge in [0.2, 0.25) is 21.8 Å². The number of nitrogens with zero attached hydrogens (tertiary/aromatic N) is 2. The van der Waals surface area contributed by atoms with E-state index in [0.717, 1.165) is 16.1 Å². The van der Waals surface area contributed by atoms with E-state index < -0.39 is 34.3 Å². The molecule has 38 heavy (non-hydrogen) atoms. The molecule has 0 unspecified atom stereocenters. The fourth-order valence-corrected chi connectivity index (χ4v) is 5.45. The number of hydrogen-bond donors (Lipinski definition) is 1. The van der Waals surface area contributed by atoms with Crippen LogP contribution in [0.2, 0.25) is 0 Å². The summed E-state index contributed by atoms with van der Waals surface area (Å²) in [5.41, 5.74) is 1.73. The number of amides is 2. The Labute approximate surface area is 231 Å². The molecular formula is C28H31BrFN3O4S. The SMILES string of the molecule is CC(C)NC(=O)[C@H](Cc1ccccc1)N(Cc1ccc(F)cc1)C(=O)CN(c1ccccc1Br)S(C)(=O)=O. The third-order valence-electron chi connectivity index (χ3n) is 5.77. The van der Waals surface area contributed by atoms with E-state index in [1.165, 1.54) is 29.2 Å². The summed E-state index contributed by atoms with van der Waals surface area (Å²) >= 11 is 3.37. The Morgan fingerprint density at radius 3 is 2.11 bits per heavy atom. The smallest absolute Gasteiger partial charge is 0.244 e. The highest BCUT2D eigenvalue weighted by Gasteiger charge is 2.33. The van der Waals surface area contributed by atoms with Crippen molar-refractivity contribution in [2.45, 2.75) is 38.9 Å². The van der Waals surface area contributed by atoms with Crippen molar-refractivity contribution in [1.82, 2.24) is 10.2 Å². The lowest BCUT2D eigenvalue weighted by Crippen LogP contribution is -2.54. The predicted molar refractivity (Wildman–Crippen MR) is 150 cm³/mol. The lowest BCUT2D eigenvalue weighted by molar-refractivity contribution is -0.140. The number of benzene rings is 3. The second-order valence-electron chi connectivity index (χ2n) is 9.24. The van der Waals surface area contributed by atoms with Crippen LogP contribution in [-0.2, 0) is 32.6 Å². The largest absolute Gasteiger partial charge is 0.352 e. The average molecular weight is 605 g/mol. The maximum absolute atomic E-state index is 13.9. The first kappa shape index (κ1) is 29.3. The highest BCUT2D eigenvalue weighted by molar-refractivity contribution is 9.10. The summed E-state index contributed by atoms with van der Waals surface area (Å²) in [7, 11) is -3.87. The van der Waals surface area contributed by atoms with Gasteiger partial charge in [-0.05, 0) is 65.2 Å². The van der Waals surface area contributed by atoms with Gasteiger partial charge in [-0.1, -0.05) is 54.6 Å². The van der Waals surface area contributed by atoms with Gasteiger partial charge in [0.15, 0.2) is 0 Å². The maximum Gasteiger partial charge on any atom is 0.244 e. The molecule has 202 valence electrons. The van der Waals surface area contributed by atoms with E-state index in [-0.39, 0.29) is 24.9 Å². The zero-order valence-electron chi connectivity index (χ0n) is 21.5. The fourth-order valence-electron chi connectivity index (χ4n) is 3.97. The predicted octanol–water partition coefficient (Wildman–Crippen LogP) is 4.52. The highest BCUT2D eigenvalue weighted by Crippen LogP contribution is 2.28. The van der Waals surface area contributed by atoms with Crippen molar-refractivity contribution in [3.8, 4) is 0 Å². The van der Waals surface area contributed by atoms with Gasteiger partial charge in [0.05, 0.1) is 11.9 Å². The van der Waals surface area contributed by atoms with Crippen molar-refractivity contribution >= 4 is 43.5 Å². The quantitative estimate of drug-likeness (QED) is 0.349. The molecule has 0 saturated heterocycles. The molecule has 7 nitrogen and oxygen atoms in total. The normalized spacial score (nSPS) is 12.2. The second-order valence-corrected chi connectivity index (χ2v) is 12.0. The van der Waals surface area contributed by atoms with E-state index in [0.29, 0.717) is 15.7 Å². The first-order valence-corrected chi connectivity index (χ1v) is 14.7. The summed E-state index contributed by atoms with van der Waals surface area (Å²) in [5.74, 6) is -1.37. The lowest BCUT2D eigenvalue weighted by Gasteiger charge is -2.34. The van der Waals surface area contributed by atoms with Crippen molar-refractivity contribution in [1.29, 1.82) is 0 Å². The molecule has 1 atom stereocenters. The number of nitrogens with one attached hydrogen (secondary N) is 1. The number of carbonyl (C=O) groups is 2. The number of sulfonamides is 1. The molecule has 0 aromatic heterocycles. The molecule has 0 radical (unpaired) electrons. The van der Waals surface area contributed by atoms with Gasteiger partial charge in [0, 0.05) is 23.5 Å². The van der Waals surface area contributed by atoms with Gasteiger partial charge in [-0.25, -0.2) is 12.8 Å². The van der Waals surface area contributed by atoms with Crippen molar-refractivity contribution < 1.29 is 22.4 Å². The highest BCUT2D eigenvalue weighted by atomic mass is 79.9. The first-order chi connectivity index (χ1) is 18.0. The van der Waals surface area contributed by atoms with Crippen LogP contribution < -0.4 is 9.62 Å². The van der Waals surface area contributed by atoms with E-state index in [1.807, 2.05) is 44.2 Å². The monoisotopic (exact) mass is 603 g/mol. The Morgan fingerprint density at radius 1 is 0.921 bits per heavy atom. The van der Waals surface area contributed by atoms with E-state index in [4.69, 9.17) is 0 Å². The number of carbonyl (C=O) groups excluding carboxylic acids is 2. The van der Waals surface area contributed by atoms with Crippen LogP contribution in [-0.4, -0.2) is 50.0 Å². The van der Waals surface area contributed by atoms with Crippen LogP contribution >= 0.6 is 15.9 Å². The molecule has 10 heteroatoms. The van der Waals surface area contributed by atoms with Crippen molar-refractivity contribution in [3.05, 3.63) is 100 Å². The van der Waals surface area contributed by atoms with Crippen LogP contribution in [0.4, 0.5) is 10.1 Å². The molecule has 0 aliphatic carbocycles. The molecule has 3 aromatic rings. The third kappa shape index (κ3) is 8.13. The van der Waals surface area contributed by atoms with Crippen molar-refractivity contribution in [2.75, 3.05) is 17.1 Å². The fraction of sp³-hybridized carbons (Fsp3) is 0.286. The summed E-state index contributed by atoms with van der Waals surface area (Å²) in [6, 6.07) is 20.5. The summed E-state index contributed by atoms with van der Waals surface area (Å²) in [5, 5.41) is 2.89. The molecule has 0 fully saturated rings. The standard InChI is InChI=1S/C28H31BrFN3O4S/c1-20(2)31-28(35)26(17-21-9-5-4-6-10-21)32(18-22-13-15-23(30)16-14-22)27(34)19-33(38(3,36)37)25-12-8-7-11-24(25)29/h4-16,20,26H,17-19H2,1-3H3,(H,31,35)/t26-/m0/s1. The molecule has 0 saturated carbocycles. The maximum atomic E-state index is 13.9. The Bertz CT molecular complexity index is 1350. The zero-order chi connectivity index (χ0) is 27.9. The van der Waals surface area contributed by atoms with E-state index >= 15 is 0 Å². The van der Waals surface area contributed by atoms with E-state index in [1.54, 1.807) is 24.3 Å². The van der Waals surface area contributed by atoms with Crippen LogP contribution in [0.5, 0.6) is 0 Å². The minimum atomic E-state index is -3.87. The lowest BCUT2D eigenvalue weighted by atomic mass is 10.0. The Morgan fingerprint density at radius 2 is 1.53 bits per heavy atom. The molecule has 0 heterocycles. The van der Waals surface area contributed by atoms with Gasteiger partial charge < -0.3 is 10.2 Å². The number of halogens is 2. The van der Waals surface area contributed by atoms with Gasteiger partial charge in [-0.3, -0.25) is 13.9 Å². The molecule has 2 amide bonds. The molecule has 3 rings (SSSR count). The molecule has 1 N–H and O–H groups in total. The average Bonchev–Trinajstić information content (AvgIpc) is 2.85. The van der Waals surface area contributed by atoms with E-state index in [9.17, 15) is 22.4 Å². The Balaban J connectivity index is 2.06. The van der Waals surface area contributed by atoms with Crippen LogP contribution in [0.3, 0.4) is 0 Å². The summed E-state index contributed by atoms with van der Waals surface area (Å²) < 4.78 is 40.7. The van der Waals surface area contributed by atoms with Gasteiger partial charge in [-0.15, -0.1) is 0 Å². The minimum Gasteiger partial charge on any atom is -0.352 e. The van der Waals surface area contributed by atoms with Crippen molar-refractivity contribution in [2.24, 2.45) is 0 Å². The van der Waals surface area contributed by atoms with Gasteiger partial charge in [0.1, 0.15) is 18.4 Å². The first-order valence-electron chi connectivity index (χ1n) is 12.1. The third-order valence-corrected chi connectivity index (χ3v) is 7.57. The van der Waals surface area contributed by atoms with E-state index in [2.05, 4.69) is 21.2 Å². The Kier molecular flexibility index (Phi) is 10.0. The van der Waals surface area contributed by atoms with Gasteiger partial charge >= 0.3 is 0 Å². The summed E-state index contributed by atoms with van der Waals surface area (Å²) in [4.78, 5) is 28.7. The molecule has 0 bridgehead atoms. The summed E-state index contributed by atoms with van der Waals surface area (Å²) in [6.45, 7) is 3.10. The number of hydrogen-bond acceptors (Lipinski definition) is 4. The summed E-state index contributed by atoms with van der Waals surface area (Å²) in [6.07, 6.45) is 1.23. The van der Waals surface area contributed by atoms with Crippen LogP contribution in [0.15, 0.2) is 83.3 Å². The number of anilines is 1. The second kappa shape index (κ2) is 13.0. The number of rotatable bonds is 11. The minimum absolute atomic E-state index is 0.0182. The van der Waals surface area contributed by atoms with Crippen molar-refractivity contribution in [3.63, 3.8) is 0 Å². The van der Waals surface area contributed by atoms with Gasteiger partial charge in [0.25, 0.3) is 0 Å².